The first kappa shape index (κ1) is 33.0. The summed E-state index contributed by atoms with van der Waals surface area (Å²) in [6.45, 7) is 5.43. The smallest absolute Gasteiger partial charge is 0.266 e. The molecule has 0 spiro atoms. The van der Waals surface area contributed by atoms with E-state index < -0.39 is 17.6 Å². The summed E-state index contributed by atoms with van der Waals surface area (Å²) in [6.07, 6.45) is 0.621. The van der Waals surface area contributed by atoms with E-state index in [9.17, 15) is 10.3 Å². The van der Waals surface area contributed by atoms with Crippen LogP contribution in [0.25, 0.3) is 10.4 Å². The molecule has 1 aliphatic heterocycles. The van der Waals surface area contributed by atoms with Crippen molar-refractivity contribution in [2.75, 3.05) is 26.4 Å². The van der Waals surface area contributed by atoms with Gasteiger partial charge in [-0.15, -0.1) is 0 Å². The molecule has 0 radical (unpaired) electrons. The molecular weight excluding hydrogens is 628 g/mol. The second-order valence-electron chi connectivity index (χ2n) is 10.5. The highest BCUT2D eigenvalue weighted by atomic mass is 79.9. The lowest BCUT2D eigenvalue weighted by molar-refractivity contribution is -0.130. The molecule has 0 unspecified atom stereocenters. The molecule has 3 N–H and O–H groups in total. The number of carbonyl (C=O) groups is 1. The Labute approximate surface area is 265 Å². The summed E-state index contributed by atoms with van der Waals surface area (Å²) >= 11 is 3.48. The van der Waals surface area contributed by atoms with Gasteiger partial charge in [0.15, 0.2) is 11.6 Å². The Morgan fingerprint density at radius 2 is 1.86 bits per heavy atom. The summed E-state index contributed by atoms with van der Waals surface area (Å²) in [5.74, 6) is 0.505. The van der Waals surface area contributed by atoms with Gasteiger partial charge in [-0.2, -0.15) is 0 Å². The number of azide groups is 1. The lowest BCUT2D eigenvalue weighted by Gasteiger charge is -2.31. The lowest BCUT2D eigenvalue weighted by Crippen LogP contribution is -2.54. The van der Waals surface area contributed by atoms with Crippen LogP contribution < -0.4 is 15.6 Å². The Kier molecular flexibility index (Phi) is 12.2. The molecule has 3 aromatic carbocycles. The number of hydrogen-bond donors (Lipinski definition) is 3. The fourth-order valence-corrected chi connectivity index (χ4v) is 5.02. The predicted molar refractivity (Wildman–Crippen MR) is 172 cm³/mol. The number of carbonyl (C=O) groups excluding carboxylic acids is 1. The van der Waals surface area contributed by atoms with E-state index in [-0.39, 0.29) is 25.0 Å². The molecule has 11 nitrogen and oxygen atoms in total. The highest BCUT2D eigenvalue weighted by Gasteiger charge is 2.54. The van der Waals surface area contributed by atoms with E-state index >= 15 is 0 Å². The second kappa shape index (κ2) is 16.2. The van der Waals surface area contributed by atoms with E-state index in [1.165, 1.54) is 0 Å². The first-order chi connectivity index (χ1) is 21.4. The largest absolute Gasteiger partial charge is 0.494 e. The van der Waals surface area contributed by atoms with Gasteiger partial charge in [0.25, 0.3) is 5.91 Å². The average Bonchev–Trinajstić information content (AvgIpc) is 3.41. The normalized spacial score (nSPS) is 17.5. The number of nitrogens with one attached hydrogen (secondary N) is 2. The van der Waals surface area contributed by atoms with Crippen LogP contribution in [-0.4, -0.2) is 54.9 Å². The lowest BCUT2D eigenvalue weighted by atomic mass is 9.81. The molecule has 3 aromatic rings. The fraction of sp³-hybridized carbons (Fsp3) is 0.375. The van der Waals surface area contributed by atoms with Gasteiger partial charge in [0.1, 0.15) is 5.75 Å². The van der Waals surface area contributed by atoms with E-state index in [4.69, 9.17) is 24.3 Å². The van der Waals surface area contributed by atoms with Crippen LogP contribution in [0.3, 0.4) is 0 Å². The van der Waals surface area contributed by atoms with Crippen molar-refractivity contribution in [1.29, 1.82) is 0 Å². The Morgan fingerprint density at radius 3 is 2.57 bits per heavy atom. The highest BCUT2D eigenvalue weighted by Crippen LogP contribution is 2.45. The van der Waals surface area contributed by atoms with Crippen LogP contribution in [0.5, 0.6) is 5.75 Å². The van der Waals surface area contributed by atoms with Crippen LogP contribution in [-0.2, 0) is 20.7 Å². The molecule has 1 amide bonds. The first-order valence-corrected chi connectivity index (χ1v) is 15.3. The number of aliphatic hydroxyl groups is 1. The maximum Gasteiger partial charge on any atom is 0.266 e. The molecule has 44 heavy (non-hydrogen) atoms. The number of aliphatic imine (C=N–C) groups is 1. The zero-order valence-corrected chi connectivity index (χ0v) is 26.4. The topological polar surface area (TPSA) is 150 Å². The maximum atomic E-state index is 14.3. The van der Waals surface area contributed by atoms with Gasteiger partial charge in [-0.05, 0) is 67.8 Å². The van der Waals surface area contributed by atoms with Crippen LogP contribution in [0.1, 0.15) is 49.5 Å². The number of ether oxygens (including phenoxy) is 3. The number of nitrogens with zero attached hydrogens (tertiary/aromatic N) is 4. The molecular formula is C32H37BrN6O5. The van der Waals surface area contributed by atoms with Gasteiger partial charge < -0.3 is 19.3 Å². The minimum atomic E-state index is -1.47. The Hall–Kier alpha value is -3.93. The van der Waals surface area contributed by atoms with Crippen molar-refractivity contribution in [3.63, 3.8) is 0 Å². The van der Waals surface area contributed by atoms with Crippen LogP contribution in [0.15, 0.2) is 87.4 Å². The van der Waals surface area contributed by atoms with Crippen molar-refractivity contribution in [2.24, 2.45) is 10.1 Å². The molecule has 1 heterocycles. The third-order valence-electron chi connectivity index (χ3n) is 6.89. The predicted octanol–water partition coefficient (Wildman–Crippen LogP) is 6.09. The van der Waals surface area contributed by atoms with Crippen LogP contribution in [0.4, 0.5) is 5.69 Å². The van der Waals surface area contributed by atoms with E-state index in [1.807, 2.05) is 50.2 Å². The van der Waals surface area contributed by atoms with Gasteiger partial charge in [-0.1, -0.05) is 57.4 Å². The van der Waals surface area contributed by atoms with E-state index in [0.717, 1.165) is 10.0 Å². The van der Waals surface area contributed by atoms with Crippen molar-refractivity contribution >= 4 is 33.4 Å². The number of rotatable bonds is 16. The van der Waals surface area contributed by atoms with Crippen molar-refractivity contribution < 1.29 is 24.1 Å². The van der Waals surface area contributed by atoms with E-state index in [1.54, 1.807) is 36.4 Å². The SMILES string of the molecule is CC(C)OCCCNNC(=O)[C@@]1(Cc2ccc(Br)cc2)N=C(c2ccc(OCCCO)cc2)O[C@H]1c1ccccc1N=[N+]=[N-]. The fourth-order valence-electron chi connectivity index (χ4n) is 4.75. The standard InChI is InChI=1S/C32H37BrN6O5/c1-22(2)42-19-5-17-35-38-31(41)32(21-23-9-13-25(33)14-10-23)29(27-7-3-4-8-28(27)37-39-34)44-30(36-32)24-11-15-26(16-12-24)43-20-6-18-40/h3-4,7-16,22,29,35,40H,5-6,17-21H2,1-2H3,(H,38,41)/t29-,32-/m0/s1. The molecule has 0 saturated carbocycles. The van der Waals surface area contributed by atoms with Gasteiger partial charge in [-0.3, -0.25) is 10.2 Å². The summed E-state index contributed by atoms with van der Waals surface area (Å²) in [5.41, 5.74) is 16.1. The van der Waals surface area contributed by atoms with Gasteiger partial charge in [0, 0.05) is 58.8 Å². The molecule has 2 atom stereocenters. The van der Waals surface area contributed by atoms with Gasteiger partial charge in [0.05, 0.1) is 12.7 Å². The number of halogens is 1. The maximum absolute atomic E-state index is 14.3. The highest BCUT2D eigenvalue weighted by molar-refractivity contribution is 9.10. The monoisotopic (exact) mass is 664 g/mol. The molecule has 0 fully saturated rings. The number of hydrazine groups is 1. The third-order valence-corrected chi connectivity index (χ3v) is 7.42. The second-order valence-corrected chi connectivity index (χ2v) is 11.4. The Balaban J connectivity index is 1.73. The molecule has 0 bridgehead atoms. The van der Waals surface area contributed by atoms with Crippen molar-refractivity contribution in [3.8, 4) is 5.75 Å². The van der Waals surface area contributed by atoms with Crippen LogP contribution in [0, 0.1) is 0 Å². The quantitative estimate of drug-likeness (QED) is 0.0555. The van der Waals surface area contributed by atoms with Crippen molar-refractivity contribution in [1.82, 2.24) is 10.9 Å². The summed E-state index contributed by atoms with van der Waals surface area (Å²) in [6, 6.07) is 21.9. The van der Waals surface area contributed by atoms with Crippen LogP contribution >= 0.6 is 15.9 Å². The van der Waals surface area contributed by atoms with Gasteiger partial charge in [-0.25, -0.2) is 10.4 Å². The molecule has 0 saturated heterocycles. The van der Waals surface area contributed by atoms with E-state index in [2.05, 4.69) is 36.8 Å². The number of benzene rings is 3. The van der Waals surface area contributed by atoms with Gasteiger partial charge in [0.2, 0.25) is 5.90 Å². The molecule has 232 valence electrons. The van der Waals surface area contributed by atoms with Crippen LogP contribution in [0.2, 0.25) is 0 Å². The summed E-state index contributed by atoms with van der Waals surface area (Å²) in [7, 11) is 0. The van der Waals surface area contributed by atoms with Crippen molar-refractivity contribution in [2.45, 2.75) is 50.9 Å². The summed E-state index contributed by atoms with van der Waals surface area (Å²) in [5, 5.41) is 12.9. The van der Waals surface area contributed by atoms with E-state index in [0.29, 0.717) is 55.2 Å². The summed E-state index contributed by atoms with van der Waals surface area (Å²) < 4.78 is 18.7. The summed E-state index contributed by atoms with van der Waals surface area (Å²) in [4.78, 5) is 22.3. The molecule has 1 aliphatic rings. The number of aliphatic hydroxyl groups excluding tert-OH is 1. The molecule has 12 heteroatoms. The first-order valence-electron chi connectivity index (χ1n) is 14.5. The zero-order chi connectivity index (χ0) is 31.4. The molecule has 4 rings (SSSR count). The zero-order valence-electron chi connectivity index (χ0n) is 24.8. The molecule has 0 aliphatic carbocycles. The number of amides is 1. The van der Waals surface area contributed by atoms with Crippen molar-refractivity contribution in [3.05, 3.63) is 104 Å². The minimum absolute atomic E-state index is 0.0462. The average molecular weight is 666 g/mol. The third kappa shape index (κ3) is 8.58. The minimum Gasteiger partial charge on any atom is -0.494 e. The Bertz CT molecular complexity index is 1460. The molecule has 0 aromatic heterocycles. The number of hydrogen-bond acceptors (Lipinski definition) is 8. The van der Waals surface area contributed by atoms with Gasteiger partial charge >= 0.3 is 0 Å². The Morgan fingerprint density at radius 1 is 1.11 bits per heavy atom.